The Morgan fingerprint density at radius 2 is 1.96 bits per heavy atom. The van der Waals surface area contributed by atoms with E-state index >= 15 is 0 Å². The Balaban J connectivity index is 1.67. The van der Waals surface area contributed by atoms with E-state index in [-0.39, 0.29) is 22.2 Å². The highest BCUT2D eigenvalue weighted by Crippen LogP contribution is 2.27. The molecule has 0 unspecified atom stereocenters. The topological polar surface area (TPSA) is 90.0 Å². The van der Waals surface area contributed by atoms with Gasteiger partial charge in [-0.3, -0.25) is 14.9 Å². The molecule has 27 heavy (non-hydrogen) atoms. The predicted octanol–water partition coefficient (Wildman–Crippen LogP) is 3.52. The molecule has 0 spiro atoms. The van der Waals surface area contributed by atoms with E-state index in [0.29, 0.717) is 10.9 Å². The number of aryl methyl sites for hydroxylation is 3. The maximum atomic E-state index is 12.8. The average molecular weight is 380 g/mol. The van der Waals surface area contributed by atoms with E-state index in [1.165, 1.54) is 27.8 Å². The largest absolute Gasteiger partial charge is 0.442 e. The number of furan rings is 1. The number of nitrogens with one attached hydrogen (secondary N) is 1. The summed E-state index contributed by atoms with van der Waals surface area (Å²) in [6.45, 7) is 3.66. The summed E-state index contributed by atoms with van der Waals surface area (Å²) in [5, 5.41) is 5.25. The minimum absolute atomic E-state index is 0.153. The first-order valence-electron chi connectivity index (χ1n) is 8.22. The van der Waals surface area contributed by atoms with Gasteiger partial charge in [0.2, 0.25) is 5.71 Å². The summed E-state index contributed by atoms with van der Waals surface area (Å²) in [4.78, 5) is 33.7. The van der Waals surface area contributed by atoms with Crippen LogP contribution in [0, 0.1) is 13.8 Å². The number of fused-ring (bicyclic) bond motifs is 1. The SMILES string of the molecule is Cc1ccc(-c2csc(NC(=O)c3c(C)oc4ncn(C)c(=O)c34)n2)cc1. The lowest BCUT2D eigenvalue weighted by atomic mass is 10.1. The second-order valence-corrected chi connectivity index (χ2v) is 7.09. The molecule has 4 rings (SSSR count). The van der Waals surface area contributed by atoms with Crippen molar-refractivity contribution in [1.29, 1.82) is 0 Å². The second-order valence-electron chi connectivity index (χ2n) is 6.23. The summed E-state index contributed by atoms with van der Waals surface area (Å²) >= 11 is 1.32. The maximum Gasteiger partial charge on any atom is 0.265 e. The summed E-state index contributed by atoms with van der Waals surface area (Å²) in [5.74, 6) is -0.102. The van der Waals surface area contributed by atoms with Crippen molar-refractivity contribution in [3.63, 3.8) is 0 Å². The number of hydrogen-bond donors (Lipinski definition) is 1. The van der Waals surface area contributed by atoms with Gasteiger partial charge in [-0.2, -0.15) is 0 Å². The van der Waals surface area contributed by atoms with Crippen LogP contribution in [-0.2, 0) is 7.05 Å². The molecule has 0 saturated carbocycles. The number of thiazole rings is 1. The number of aromatic nitrogens is 3. The Kier molecular flexibility index (Phi) is 4.12. The summed E-state index contributed by atoms with van der Waals surface area (Å²) in [6.07, 6.45) is 1.37. The summed E-state index contributed by atoms with van der Waals surface area (Å²) < 4.78 is 6.79. The molecule has 4 aromatic rings. The van der Waals surface area contributed by atoms with E-state index in [2.05, 4.69) is 15.3 Å². The minimum atomic E-state index is -0.443. The predicted molar refractivity (Wildman–Crippen MR) is 104 cm³/mol. The zero-order valence-corrected chi connectivity index (χ0v) is 15.8. The smallest absolute Gasteiger partial charge is 0.265 e. The number of rotatable bonds is 3. The summed E-state index contributed by atoms with van der Waals surface area (Å²) in [5.41, 5.74) is 2.93. The second kappa shape index (κ2) is 6.48. The van der Waals surface area contributed by atoms with Gasteiger partial charge in [0.05, 0.1) is 11.3 Å². The molecule has 7 nitrogen and oxygen atoms in total. The monoisotopic (exact) mass is 380 g/mol. The molecule has 1 N–H and O–H groups in total. The van der Waals surface area contributed by atoms with E-state index in [4.69, 9.17) is 4.42 Å². The molecule has 0 radical (unpaired) electrons. The molecule has 1 amide bonds. The van der Waals surface area contributed by atoms with Crippen LogP contribution in [0.3, 0.4) is 0 Å². The first kappa shape index (κ1) is 17.2. The van der Waals surface area contributed by atoms with E-state index in [9.17, 15) is 9.59 Å². The van der Waals surface area contributed by atoms with Gasteiger partial charge in [-0.15, -0.1) is 11.3 Å². The Morgan fingerprint density at radius 1 is 1.22 bits per heavy atom. The molecule has 136 valence electrons. The third kappa shape index (κ3) is 3.04. The van der Waals surface area contributed by atoms with Gasteiger partial charge < -0.3 is 8.98 Å². The Bertz CT molecular complexity index is 1220. The molecule has 3 heterocycles. The molecule has 0 bridgehead atoms. The highest BCUT2D eigenvalue weighted by Gasteiger charge is 2.23. The molecule has 0 aliphatic carbocycles. The van der Waals surface area contributed by atoms with E-state index in [0.717, 1.165) is 11.3 Å². The molecule has 1 aromatic carbocycles. The number of carbonyl (C=O) groups is 1. The summed E-state index contributed by atoms with van der Waals surface area (Å²) in [7, 11) is 1.58. The molecule has 0 aliphatic heterocycles. The van der Waals surface area contributed by atoms with Crippen molar-refractivity contribution in [3.05, 3.63) is 63.2 Å². The van der Waals surface area contributed by atoms with Crippen molar-refractivity contribution in [2.24, 2.45) is 7.05 Å². The third-order valence-electron chi connectivity index (χ3n) is 4.25. The average Bonchev–Trinajstić information content (AvgIpc) is 3.23. The number of benzene rings is 1. The van der Waals surface area contributed by atoms with Crippen LogP contribution in [0.15, 0.2) is 45.2 Å². The molecule has 0 aliphatic rings. The first-order chi connectivity index (χ1) is 12.9. The van der Waals surface area contributed by atoms with Crippen molar-refractivity contribution in [3.8, 4) is 11.3 Å². The molecular weight excluding hydrogens is 364 g/mol. The standard InChI is InChI=1S/C19H16N4O3S/c1-10-4-6-12(7-5-10)13-8-27-19(21-13)22-16(24)14-11(2)26-17-15(14)18(25)23(3)9-20-17/h4-9H,1-3H3,(H,21,22,24). The van der Waals surface area contributed by atoms with Gasteiger partial charge in [-0.25, -0.2) is 9.97 Å². The number of anilines is 1. The number of hydrogen-bond acceptors (Lipinski definition) is 6. The number of amides is 1. The fourth-order valence-corrected chi connectivity index (χ4v) is 3.52. The lowest BCUT2D eigenvalue weighted by Gasteiger charge is -2.01. The van der Waals surface area contributed by atoms with Crippen molar-refractivity contribution in [2.75, 3.05) is 5.32 Å². The maximum absolute atomic E-state index is 12.8. The highest BCUT2D eigenvalue weighted by molar-refractivity contribution is 7.14. The van der Waals surface area contributed by atoms with Crippen molar-refractivity contribution < 1.29 is 9.21 Å². The zero-order chi connectivity index (χ0) is 19.1. The lowest BCUT2D eigenvalue weighted by molar-refractivity contribution is 0.102. The lowest BCUT2D eigenvalue weighted by Crippen LogP contribution is -2.20. The Morgan fingerprint density at radius 3 is 2.70 bits per heavy atom. The minimum Gasteiger partial charge on any atom is -0.442 e. The Hall–Kier alpha value is -3.26. The quantitative estimate of drug-likeness (QED) is 0.587. The van der Waals surface area contributed by atoms with Crippen molar-refractivity contribution in [2.45, 2.75) is 13.8 Å². The van der Waals surface area contributed by atoms with E-state index in [1.54, 1.807) is 14.0 Å². The van der Waals surface area contributed by atoms with Crippen LogP contribution in [-0.4, -0.2) is 20.4 Å². The van der Waals surface area contributed by atoms with Crippen LogP contribution in [0.1, 0.15) is 21.7 Å². The van der Waals surface area contributed by atoms with Gasteiger partial charge in [0.25, 0.3) is 11.5 Å². The molecule has 3 aromatic heterocycles. The zero-order valence-electron chi connectivity index (χ0n) is 14.9. The number of nitrogens with zero attached hydrogens (tertiary/aromatic N) is 3. The van der Waals surface area contributed by atoms with Gasteiger partial charge in [0.15, 0.2) is 5.13 Å². The molecule has 0 fully saturated rings. The van der Waals surface area contributed by atoms with Crippen LogP contribution in [0.2, 0.25) is 0 Å². The van der Waals surface area contributed by atoms with Gasteiger partial charge in [0, 0.05) is 18.0 Å². The van der Waals surface area contributed by atoms with Crippen LogP contribution in [0.25, 0.3) is 22.4 Å². The Labute approximate surface area is 158 Å². The van der Waals surface area contributed by atoms with Crippen LogP contribution < -0.4 is 10.9 Å². The normalized spacial score (nSPS) is 11.1. The molecule has 8 heteroatoms. The highest BCUT2D eigenvalue weighted by atomic mass is 32.1. The molecule has 0 saturated heterocycles. The molecular formula is C19H16N4O3S. The first-order valence-corrected chi connectivity index (χ1v) is 9.10. The van der Waals surface area contributed by atoms with Crippen LogP contribution in [0.4, 0.5) is 5.13 Å². The summed E-state index contributed by atoms with van der Waals surface area (Å²) in [6, 6.07) is 7.99. The van der Waals surface area contributed by atoms with Gasteiger partial charge in [0.1, 0.15) is 17.5 Å². The fourth-order valence-electron chi connectivity index (χ4n) is 2.81. The van der Waals surface area contributed by atoms with Crippen LogP contribution in [0.5, 0.6) is 0 Å². The molecule has 0 atom stereocenters. The van der Waals surface area contributed by atoms with E-state index in [1.807, 2.05) is 36.6 Å². The van der Waals surface area contributed by atoms with Crippen molar-refractivity contribution >= 4 is 33.5 Å². The third-order valence-corrected chi connectivity index (χ3v) is 5.00. The van der Waals surface area contributed by atoms with Gasteiger partial charge in [-0.1, -0.05) is 29.8 Å². The van der Waals surface area contributed by atoms with E-state index < -0.39 is 5.91 Å². The number of carbonyl (C=O) groups excluding carboxylic acids is 1. The van der Waals surface area contributed by atoms with Crippen molar-refractivity contribution in [1.82, 2.24) is 14.5 Å². The fraction of sp³-hybridized carbons (Fsp3) is 0.158. The van der Waals surface area contributed by atoms with Gasteiger partial charge in [-0.05, 0) is 13.8 Å². The van der Waals surface area contributed by atoms with Gasteiger partial charge >= 0.3 is 0 Å². The van der Waals surface area contributed by atoms with Crippen LogP contribution >= 0.6 is 11.3 Å².